The number of benzene rings is 1. The van der Waals surface area contributed by atoms with Crippen molar-refractivity contribution >= 4 is 29.9 Å². The molecule has 0 fully saturated rings. The Balaban J connectivity index is 0.00000363. The van der Waals surface area contributed by atoms with Crippen LogP contribution in [0.25, 0.3) is 0 Å². The summed E-state index contributed by atoms with van der Waals surface area (Å²) in [5, 5.41) is 6.42. The highest BCUT2D eigenvalue weighted by atomic mass is 127. The van der Waals surface area contributed by atoms with Crippen LogP contribution in [0, 0.1) is 5.82 Å². The molecule has 2 heterocycles. The minimum absolute atomic E-state index is 0. The lowest BCUT2D eigenvalue weighted by atomic mass is 9.94. The van der Waals surface area contributed by atoms with Gasteiger partial charge in [0.15, 0.2) is 5.96 Å². The van der Waals surface area contributed by atoms with Crippen molar-refractivity contribution in [3.63, 3.8) is 0 Å². The van der Waals surface area contributed by atoms with Gasteiger partial charge in [0.05, 0.1) is 19.3 Å². The van der Waals surface area contributed by atoms with Gasteiger partial charge in [-0.3, -0.25) is 0 Å². The molecule has 0 radical (unpaired) electrons. The maximum atomic E-state index is 13.3. The molecule has 0 amide bonds. The van der Waals surface area contributed by atoms with Crippen molar-refractivity contribution in [1.29, 1.82) is 0 Å². The molecule has 32 heavy (non-hydrogen) atoms. The zero-order valence-electron chi connectivity index (χ0n) is 18.7. The first kappa shape index (κ1) is 25.6. The Bertz CT molecular complexity index is 1020. The molecule has 7 nitrogen and oxygen atoms in total. The summed E-state index contributed by atoms with van der Waals surface area (Å²) in [6, 6.07) is 9.55. The van der Waals surface area contributed by atoms with Crippen LogP contribution in [-0.4, -0.2) is 22.5 Å². The van der Waals surface area contributed by atoms with E-state index >= 15 is 0 Å². The topological polar surface area (TPSA) is 84.6 Å². The molecule has 0 bridgehead atoms. The first-order valence-electron chi connectivity index (χ1n) is 10.2. The van der Waals surface area contributed by atoms with Crippen LogP contribution in [0.5, 0.6) is 11.6 Å². The van der Waals surface area contributed by atoms with Gasteiger partial charge in [-0.2, -0.15) is 0 Å². The van der Waals surface area contributed by atoms with Crippen molar-refractivity contribution < 1.29 is 13.5 Å². The number of nitrogens with one attached hydrogen (secondary N) is 2. The molecule has 0 saturated carbocycles. The van der Waals surface area contributed by atoms with E-state index < -0.39 is 0 Å². The van der Waals surface area contributed by atoms with E-state index in [2.05, 4.69) is 46.4 Å². The smallest absolute Gasteiger partial charge is 0.219 e. The number of nitrogens with zero attached hydrogens (tertiary/aromatic N) is 3. The predicted octanol–water partition coefficient (Wildman–Crippen LogP) is 5.17. The normalized spacial score (nSPS) is 11.6. The van der Waals surface area contributed by atoms with Crippen LogP contribution in [-0.2, 0) is 18.5 Å². The lowest BCUT2D eigenvalue weighted by Gasteiger charge is -2.13. The van der Waals surface area contributed by atoms with E-state index in [1.54, 1.807) is 30.6 Å². The van der Waals surface area contributed by atoms with Crippen LogP contribution < -0.4 is 15.4 Å². The number of pyridine rings is 1. The first-order chi connectivity index (χ1) is 14.8. The third-order valence-corrected chi connectivity index (χ3v) is 4.28. The van der Waals surface area contributed by atoms with Gasteiger partial charge >= 0.3 is 0 Å². The number of aromatic nitrogens is 2. The molecule has 3 aromatic rings. The van der Waals surface area contributed by atoms with E-state index in [1.807, 2.05) is 13.0 Å². The Hall–Kier alpha value is -2.69. The molecule has 172 valence electrons. The summed E-state index contributed by atoms with van der Waals surface area (Å²) in [4.78, 5) is 13.2. The van der Waals surface area contributed by atoms with Gasteiger partial charge in [0.25, 0.3) is 0 Å². The summed E-state index contributed by atoms with van der Waals surface area (Å²) in [7, 11) is 0. The van der Waals surface area contributed by atoms with Gasteiger partial charge in [-0.25, -0.2) is 19.4 Å². The van der Waals surface area contributed by atoms with Crippen LogP contribution in [0.2, 0.25) is 0 Å². The van der Waals surface area contributed by atoms with Gasteiger partial charge in [-0.05, 0) is 24.6 Å². The highest BCUT2D eigenvalue weighted by Crippen LogP contribution is 2.22. The Kier molecular flexibility index (Phi) is 9.42. The number of hydrogen-bond acceptors (Lipinski definition) is 5. The average Bonchev–Trinajstić information content (AvgIpc) is 3.21. The zero-order valence-corrected chi connectivity index (χ0v) is 21.0. The molecule has 3 rings (SSSR count). The van der Waals surface area contributed by atoms with Crippen LogP contribution in [0.3, 0.4) is 0 Å². The van der Waals surface area contributed by atoms with Gasteiger partial charge in [0, 0.05) is 30.3 Å². The molecular formula is C23H29FIN5O2. The first-order valence-corrected chi connectivity index (χ1v) is 10.2. The van der Waals surface area contributed by atoms with Crippen molar-refractivity contribution in [3.8, 4) is 11.6 Å². The average molecular weight is 553 g/mol. The summed E-state index contributed by atoms with van der Waals surface area (Å²) >= 11 is 0. The van der Waals surface area contributed by atoms with E-state index in [9.17, 15) is 4.39 Å². The van der Waals surface area contributed by atoms with Gasteiger partial charge in [0.1, 0.15) is 17.3 Å². The maximum Gasteiger partial charge on any atom is 0.219 e. The Morgan fingerprint density at radius 3 is 2.56 bits per heavy atom. The molecular weight excluding hydrogens is 524 g/mol. The molecule has 0 spiro atoms. The third-order valence-electron chi connectivity index (χ3n) is 4.28. The van der Waals surface area contributed by atoms with Crippen molar-refractivity contribution in [3.05, 3.63) is 71.8 Å². The molecule has 1 aromatic carbocycles. The summed E-state index contributed by atoms with van der Waals surface area (Å²) in [6.07, 6.45) is 3.45. The van der Waals surface area contributed by atoms with E-state index in [0.29, 0.717) is 36.6 Å². The zero-order chi connectivity index (χ0) is 22.3. The molecule has 0 aliphatic rings. The van der Waals surface area contributed by atoms with Gasteiger partial charge < -0.3 is 19.8 Å². The highest BCUT2D eigenvalue weighted by molar-refractivity contribution is 14.0. The van der Waals surface area contributed by atoms with Crippen LogP contribution in [0.15, 0.2) is 58.2 Å². The minimum atomic E-state index is -0.355. The lowest BCUT2D eigenvalue weighted by Crippen LogP contribution is -2.36. The van der Waals surface area contributed by atoms with Crippen LogP contribution in [0.1, 0.15) is 44.9 Å². The molecule has 0 aliphatic heterocycles. The number of oxazole rings is 1. The third kappa shape index (κ3) is 7.77. The van der Waals surface area contributed by atoms with Crippen molar-refractivity contribution in [2.24, 2.45) is 4.99 Å². The van der Waals surface area contributed by atoms with E-state index in [-0.39, 0.29) is 35.2 Å². The van der Waals surface area contributed by atoms with Crippen LogP contribution >= 0.6 is 24.0 Å². The number of halogens is 2. The fourth-order valence-electron chi connectivity index (χ4n) is 2.63. The highest BCUT2D eigenvalue weighted by Gasteiger charge is 2.19. The Morgan fingerprint density at radius 1 is 1.12 bits per heavy atom. The Morgan fingerprint density at radius 2 is 1.94 bits per heavy atom. The predicted molar refractivity (Wildman–Crippen MR) is 133 cm³/mol. The molecule has 9 heteroatoms. The van der Waals surface area contributed by atoms with E-state index in [0.717, 1.165) is 17.9 Å². The fraction of sp³-hybridized carbons (Fsp3) is 0.348. The standard InChI is InChI=1S/C23H28FN5O2.HI/c1-5-25-22(29-15-21-27-14-19(31-21)23(2,3)4)28-13-16-9-10-20(26-12-16)30-18-8-6-7-17(24)11-18;/h6-12,14H,5,13,15H2,1-4H3,(H2,25,28,29);1H. The van der Waals surface area contributed by atoms with Crippen molar-refractivity contribution in [2.75, 3.05) is 6.54 Å². The summed E-state index contributed by atoms with van der Waals surface area (Å²) in [5.41, 5.74) is 0.830. The maximum absolute atomic E-state index is 13.3. The van der Waals surface area contributed by atoms with Crippen molar-refractivity contribution in [1.82, 2.24) is 20.6 Å². The molecule has 0 atom stereocenters. The largest absolute Gasteiger partial charge is 0.443 e. The monoisotopic (exact) mass is 553 g/mol. The summed E-state index contributed by atoms with van der Waals surface area (Å²) in [5.74, 6) is 2.54. The molecule has 2 aromatic heterocycles. The number of hydrogen-bond donors (Lipinski definition) is 2. The summed E-state index contributed by atoms with van der Waals surface area (Å²) in [6.45, 7) is 9.83. The second-order valence-corrected chi connectivity index (χ2v) is 7.98. The SMILES string of the molecule is CCNC(=NCc1ccc(Oc2cccc(F)c2)nc1)NCc1ncc(C(C)(C)C)o1.I. The quantitative estimate of drug-likeness (QED) is 0.239. The van der Waals surface area contributed by atoms with Gasteiger partial charge in [-0.15, -0.1) is 24.0 Å². The molecule has 2 N–H and O–H groups in total. The van der Waals surface area contributed by atoms with Gasteiger partial charge in [-0.1, -0.05) is 32.9 Å². The molecule has 0 saturated heterocycles. The number of aliphatic imine (C=N–C) groups is 1. The van der Waals surface area contributed by atoms with E-state index in [1.165, 1.54) is 12.1 Å². The van der Waals surface area contributed by atoms with Gasteiger partial charge in [0.2, 0.25) is 11.8 Å². The second-order valence-electron chi connectivity index (χ2n) is 7.98. The number of rotatable bonds is 7. The lowest BCUT2D eigenvalue weighted by molar-refractivity contribution is 0.379. The minimum Gasteiger partial charge on any atom is -0.443 e. The molecule has 0 unspecified atom stereocenters. The van der Waals surface area contributed by atoms with Crippen LogP contribution in [0.4, 0.5) is 4.39 Å². The number of guanidine groups is 1. The molecule has 0 aliphatic carbocycles. The summed E-state index contributed by atoms with van der Waals surface area (Å²) < 4.78 is 24.6. The Labute approximate surface area is 204 Å². The van der Waals surface area contributed by atoms with E-state index in [4.69, 9.17) is 9.15 Å². The number of ether oxygens (including phenoxy) is 1. The fourth-order valence-corrected chi connectivity index (χ4v) is 2.63. The van der Waals surface area contributed by atoms with Crippen molar-refractivity contribution in [2.45, 2.75) is 46.2 Å². The second kappa shape index (κ2) is 11.8.